The van der Waals surface area contributed by atoms with Crippen LogP contribution in [0.4, 0.5) is 0 Å². The highest BCUT2D eigenvalue weighted by atomic mass is 16.5. The Labute approximate surface area is 117 Å². The van der Waals surface area contributed by atoms with Gasteiger partial charge in [0, 0.05) is 13.0 Å². The van der Waals surface area contributed by atoms with Crippen LogP contribution >= 0.6 is 0 Å². The second-order valence-electron chi connectivity index (χ2n) is 4.33. The van der Waals surface area contributed by atoms with Crippen LogP contribution in [-0.4, -0.2) is 17.3 Å². The summed E-state index contributed by atoms with van der Waals surface area (Å²) in [6.07, 6.45) is 1.75. The van der Waals surface area contributed by atoms with Gasteiger partial charge in [-0.05, 0) is 24.1 Å². The van der Waals surface area contributed by atoms with Crippen molar-refractivity contribution in [3.8, 4) is 11.5 Å². The highest BCUT2D eigenvalue weighted by Crippen LogP contribution is 2.28. The van der Waals surface area contributed by atoms with Crippen molar-refractivity contribution in [2.24, 2.45) is 5.73 Å². The maximum absolute atomic E-state index is 5.65. The first-order valence-electron chi connectivity index (χ1n) is 6.58. The Hall–Kier alpha value is -2.08. The van der Waals surface area contributed by atoms with Crippen molar-refractivity contribution in [2.75, 3.05) is 7.11 Å². The molecule has 6 heteroatoms. The molecule has 20 heavy (non-hydrogen) atoms. The Morgan fingerprint density at radius 3 is 2.85 bits per heavy atom. The van der Waals surface area contributed by atoms with E-state index < -0.39 is 0 Å². The molecule has 1 heterocycles. The predicted molar refractivity (Wildman–Crippen MR) is 73.5 cm³/mol. The molecular weight excluding hydrogens is 258 g/mol. The van der Waals surface area contributed by atoms with E-state index in [0.717, 1.165) is 18.4 Å². The van der Waals surface area contributed by atoms with Gasteiger partial charge in [-0.1, -0.05) is 18.1 Å². The fourth-order valence-electron chi connectivity index (χ4n) is 1.76. The van der Waals surface area contributed by atoms with Gasteiger partial charge in [-0.15, -0.1) is 0 Å². The lowest BCUT2D eigenvalue weighted by atomic mass is 10.2. The Bertz CT molecular complexity index is 554. The van der Waals surface area contributed by atoms with Gasteiger partial charge in [0.05, 0.1) is 7.11 Å². The summed E-state index contributed by atoms with van der Waals surface area (Å²) < 4.78 is 16.0. The van der Waals surface area contributed by atoms with Crippen LogP contribution in [-0.2, 0) is 19.6 Å². The van der Waals surface area contributed by atoms with Crippen molar-refractivity contribution >= 4 is 0 Å². The van der Waals surface area contributed by atoms with Gasteiger partial charge in [-0.2, -0.15) is 4.98 Å². The van der Waals surface area contributed by atoms with E-state index in [4.69, 9.17) is 19.7 Å². The first-order valence-corrected chi connectivity index (χ1v) is 6.58. The molecule has 0 atom stereocenters. The third-order valence-electron chi connectivity index (χ3n) is 2.79. The van der Waals surface area contributed by atoms with Crippen LogP contribution in [0.15, 0.2) is 22.7 Å². The number of hydrogen-bond acceptors (Lipinski definition) is 6. The standard InChI is InChI=1S/C14H19N3O3/c1-3-4-14-16-13(17-20-14)9-19-11-6-5-10(8-15)7-12(11)18-2/h5-7H,3-4,8-9,15H2,1-2H3. The Balaban J connectivity index is 2.02. The zero-order valence-electron chi connectivity index (χ0n) is 11.8. The van der Waals surface area contributed by atoms with Crippen molar-refractivity contribution in [1.82, 2.24) is 10.1 Å². The number of aryl methyl sites for hydroxylation is 1. The van der Waals surface area contributed by atoms with Crippen LogP contribution in [0.1, 0.15) is 30.6 Å². The van der Waals surface area contributed by atoms with Crippen molar-refractivity contribution in [3.05, 3.63) is 35.5 Å². The van der Waals surface area contributed by atoms with Crippen LogP contribution in [0.3, 0.4) is 0 Å². The maximum atomic E-state index is 5.65. The number of nitrogens with zero attached hydrogens (tertiary/aromatic N) is 2. The highest BCUT2D eigenvalue weighted by molar-refractivity contribution is 5.42. The normalized spacial score (nSPS) is 10.6. The highest BCUT2D eigenvalue weighted by Gasteiger charge is 2.09. The summed E-state index contributed by atoms with van der Waals surface area (Å²) in [6.45, 7) is 2.76. The zero-order chi connectivity index (χ0) is 14.4. The first kappa shape index (κ1) is 14.3. The molecule has 6 nitrogen and oxygen atoms in total. The van der Waals surface area contributed by atoms with E-state index in [1.807, 2.05) is 18.2 Å². The molecule has 0 unspecified atom stereocenters. The molecule has 2 N–H and O–H groups in total. The van der Waals surface area contributed by atoms with Crippen LogP contribution in [0.2, 0.25) is 0 Å². The van der Waals surface area contributed by atoms with Crippen molar-refractivity contribution in [1.29, 1.82) is 0 Å². The molecular formula is C14H19N3O3. The van der Waals surface area contributed by atoms with Gasteiger partial charge in [-0.25, -0.2) is 0 Å². The molecule has 2 aromatic rings. The number of rotatable bonds is 7. The molecule has 0 spiro atoms. The van der Waals surface area contributed by atoms with Crippen LogP contribution in [0.5, 0.6) is 11.5 Å². The summed E-state index contributed by atoms with van der Waals surface area (Å²) in [7, 11) is 1.59. The lowest BCUT2D eigenvalue weighted by Gasteiger charge is -2.10. The van der Waals surface area contributed by atoms with E-state index >= 15 is 0 Å². The van der Waals surface area contributed by atoms with Crippen LogP contribution < -0.4 is 15.2 Å². The molecule has 0 saturated heterocycles. The molecule has 0 amide bonds. The quantitative estimate of drug-likeness (QED) is 0.834. The SMILES string of the molecule is CCCc1nc(COc2ccc(CN)cc2OC)no1. The van der Waals surface area contributed by atoms with Crippen molar-refractivity contribution < 1.29 is 14.0 Å². The van der Waals surface area contributed by atoms with Gasteiger partial charge >= 0.3 is 0 Å². The minimum Gasteiger partial charge on any atom is -0.493 e. The van der Waals surface area contributed by atoms with Crippen LogP contribution in [0, 0.1) is 0 Å². The average Bonchev–Trinajstić information content (AvgIpc) is 2.93. The smallest absolute Gasteiger partial charge is 0.226 e. The minimum absolute atomic E-state index is 0.242. The summed E-state index contributed by atoms with van der Waals surface area (Å²) in [4.78, 5) is 4.24. The third-order valence-corrected chi connectivity index (χ3v) is 2.79. The van der Waals surface area contributed by atoms with Gasteiger partial charge in [0.15, 0.2) is 18.1 Å². The monoisotopic (exact) mass is 277 g/mol. The van der Waals surface area contributed by atoms with Gasteiger partial charge in [-0.3, -0.25) is 0 Å². The Kier molecular flexibility index (Phi) is 4.95. The van der Waals surface area contributed by atoms with E-state index in [9.17, 15) is 0 Å². The lowest BCUT2D eigenvalue weighted by Crippen LogP contribution is -2.01. The van der Waals surface area contributed by atoms with E-state index in [-0.39, 0.29) is 6.61 Å². The summed E-state index contributed by atoms with van der Waals surface area (Å²) in [5, 5.41) is 3.87. The van der Waals surface area contributed by atoms with E-state index in [0.29, 0.717) is 29.8 Å². The molecule has 0 aliphatic carbocycles. The molecule has 0 bridgehead atoms. The number of aromatic nitrogens is 2. The number of hydrogen-bond donors (Lipinski definition) is 1. The number of methoxy groups -OCH3 is 1. The minimum atomic E-state index is 0.242. The molecule has 108 valence electrons. The summed E-state index contributed by atoms with van der Waals surface area (Å²) in [5.74, 6) is 2.44. The fraction of sp³-hybridized carbons (Fsp3) is 0.429. The van der Waals surface area contributed by atoms with Crippen molar-refractivity contribution in [2.45, 2.75) is 32.9 Å². The maximum Gasteiger partial charge on any atom is 0.226 e. The summed E-state index contributed by atoms with van der Waals surface area (Å²) >= 11 is 0. The second kappa shape index (κ2) is 6.91. The number of benzene rings is 1. The second-order valence-corrected chi connectivity index (χ2v) is 4.33. The number of nitrogens with two attached hydrogens (primary N) is 1. The molecule has 1 aromatic carbocycles. The molecule has 0 saturated carbocycles. The lowest BCUT2D eigenvalue weighted by molar-refractivity contribution is 0.269. The summed E-state index contributed by atoms with van der Waals surface area (Å²) in [5.41, 5.74) is 6.58. The first-order chi connectivity index (χ1) is 9.76. The Morgan fingerprint density at radius 2 is 2.15 bits per heavy atom. The van der Waals surface area contributed by atoms with Gasteiger partial charge in [0.2, 0.25) is 11.7 Å². The molecule has 0 fully saturated rings. The number of ether oxygens (including phenoxy) is 2. The van der Waals surface area contributed by atoms with Gasteiger partial charge in [0.1, 0.15) is 0 Å². The predicted octanol–water partition coefficient (Wildman–Crippen LogP) is 2.07. The summed E-state index contributed by atoms with van der Waals surface area (Å²) in [6, 6.07) is 5.58. The van der Waals surface area contributed by atoms with Crippen LogP contribution in [0.25, 0.3) is 0 Å². The van der Waals surface area contributed by atoms with Gasteiger partial charge < -0.3 is 19.7 Å². The average molecular weight is 277 g/mol. The van der Waals surface area contributed by atoms with E-state index in [1.165, 1.54) is 0 Å². The van der Waals surface area contributed by atoms with E-state index in [1.54, 1.807) is 7.11 Å². The largest absolute Gasteiger partial charge is 0.493 e. The van der Waals surface area contributed by atoms with Crippen molar-refractivity contribution in [3.63, 3.8) is 0 Å². The van der Waals surface area contributed by atoms with Gasteiger partial charge in [0.25, 0.3) is 0 Å². The molecule has 0 aliphatic heterocycles. The molecule has 2 rings (SSSR count). The molecule has 1 aromatic heterocycles. The fourth-order valence-corrected chi connectivity index (χ4v) is 1.76. The topological polar surface area (TPSA) is 83.4 Å². The van der Waals surface area contributed by atoms with E-state index in [2.05, 4.69) is 17.1 Å². The Morgan fingerprint density at radius 1 is 1.30 bits per heavy atom. The third kappa shape index (κ3) is 3.48. The molecule has 0 radical (unpaired) electrons. The zero-order valence-corrected chi connectivity index (χ0v) is 11.8. The molecule has 0 aliphatic rings.